The van der Waals surface area contributed by atoms with Crippen LogP contribution in [0.1, 0.15) is 19.3 Å². The molecule has 3 nitrogen and oxygen atoms in total. The van der Waals surface area contributed by atoms with E-state index in [1.165, 1.54) is 25.8 Å². The lowest BCUT2D eigenvalue weighted by Gasteiger charge is -2.30. The van der Waals surface area contributed by atoms with Crippen LogP contribution in [0.15, 0.2) is 0 Å². The van der Waals surface area contributed by atoms with Crippen molar-refractivity contribution in [2.75, 3.05) is 40.4 Å². The van der Waals surface area contributed by atoms with Gasteiger partial charge in [-0.15, -0.1) is 0 Å². The van der Waals surface area contributed by atoms with Crippen molar-refractivity contribution >= 4 is 0 Å². The van der Waals surface area contributed by atoms with Crippen LogP contribution in [0.2, 0.25) is 0 Å². The minimum atomic E-state index is 0.250. The third-order valence-electron chi connectivity index (χ3n) is 3.15. The van der Waals surface area contributed by atoms with Gasteiger partial charge in [0.05, 0.1) is 6.61 Å². The molecule has 0 spiro atoms. The molecule has 1 fully saturated rings. The van der Waals surface area contributed by atoms with E-state index in [0.29, 0.717) is 0 Å². The third kappa shape index (κ3) is 2.93. The molecule has 0 radical (unpaired) electrons. The summed E-state index contributed by atoms with van der Waals surface area (Å²) in [6.45, 7) is 3.93. The molecule has 78 valence electrons. The van der Waals surface area contributed by atoms with Gasteiger partial charge in [-0.25, -0.2) is 0 Å². The maximum absolute atomic E-state index is 5.84. The Balaban J connectivity index is 2.53. The fourth-order valence-electron chi connectivity index (χ4n) is 2.10. The second-order valence-electron chi connectivity index (χ2n) is 4.29. The van der Waals surface area contributed by atoms with E-state index in [1.54, 1.807) is 7.11 Å². The molecule has 0 bridgehead atoms. The molecule has 1 heterocycles. The smallest absolute Gasteiger partial charge is 0.0531 e. The molecule has 3 heteroatoms. The number of nitrogens with zero attached hydrogens (tertiary/aromatic N) is 1. The van der Waals surface area contributed by atoms with E-state index in [-0.39, 0.29) is 5.41 Å². The van der Waals surface area contributed by atoms with Crippen molar-refractivity contribution in [3.05, 3.63) is 0 Å². The lowest BCUT2D eigenvalue weighted by atomic mass is 9.81. The van der Waals surface area contributed by atoms with Crippen LogP contribution in [0.5, 0.6) is 0 Å². The summed E-state index contributed by atoms with van der Waals surface area (Å²) in [5, 5.41) is 0. The molecular weight excluding hydrogens is 164 g/mol. The Labute approximate surface area is 81.2 Å². The molecule has 0 aromatic heterocycles. The predicted octanol–water partition coefficient (Wildman–Crippen LogP) is 0.694. The van der Waals surface area contributed by atoms with Gasteiger partial charge in [0.1, 0.15) is 0 Å². The molecule has 2 N–H and O–H groups in total. The predicted molar refractivity (Wildman–Crippen MR) is 54.7 cm³/mol. The quantitative estimate of drug-likeness (QED) is 0.705. The average molecular weight is 186 g/mol. The topological polar surface area (TPSA) is 38.5 Å². The van der Waals surface area contributed by atoms with Crippen LogP contribution < -0.4 is 5.73 Å². The Morgan fingerprint density at radius 3 is 2.77 bits per heavy atom. The molecule has 0 aromatic carbocycles. The SMILES string of the molecule is COCC1(CN)CCCN(C)CC1. The van der Waals surface area contributed by atoms with E-state index in [0.717, 1.165) is 19.7 Å². The second kappa shape index (κ2) is 4.94. The van der Waals surface area contributed by atoms with Crippen LogP contribution in [-0.2, 0) is 4.74 Å². The largest absolute Gasteiger partial charge is 0.384 e. The molecule has 0 amide bonds. The van der Waals surface area contributed by atoms with E-state index < -0.39 is 0 Å². The number of hydrogen-bond donors (Lipinski definition) is 1. The molecule has 0 saturated carbocycles. The van der Waals surface area contributed by atoms with Gasteiger partial charge in [-0.05, 0) is 39.4 Å². The van der Waals surface area contributed by atoms with Gasteiger partial charge in [-0.1, -0.05) is 0 Å². The molecular formula is C10H22N2O. The van der Waals surface area contributed by atoms with Gasteiger partial charge < -0.3 is 15.4 Å². The molecule has 0 aliphatic carbocycles. The van der Waals surface area contributed by atoms with Gasteiger partial charge in [0, 0.05) is 19.1 Å². The van der Waals surface area contributed by atoms with E-state index in [9.17, 15) is 0 Å². The summed E-state index contributed by atoms with van der Waals surface area (Å²) in [4.78, 5) is 2.38. The molecule has 1 rings (SSSR count). The maximum atomic E-state index is 5.84. The first kappa shape index (κ1) is 11.0. The summed E-state index contributed by atoms with van der Waals surface area (Å²) >= 11 is 0. The van der Waals surface area contributed by atoms with Crippen molar-refractivity contribution in [3.63, 3.8) is 0 Å². The van der Waals surface area contributed by atoms with E-state index in [4.69, 9.17) is 10.5 Å². The van der Waals surface area contributed by atoms with Crippen molar-refractivity contribution in [3.8, 4) is 0 Å². The summed E-state index contributed by atoms with van der Waals surface area (Å²) in [6.07, 6.45) is 3.63. The number of nitrogens with two attached hydrogens (primary N) is 1. The summed E-state index contributed by atoms with van der Waals surface area (Å²) in [6, 6.07) is 0. The van der Waals surface area contributed by atoms with Crippen molar-refractivity contribution in [2.24, 2.45) is 11.1 Å². The molecule has 1 aliphatic heterocycles. The second-order valence-corrected chi connectivity index (χ2v) is 4.29. The van der Waals surface area contributed by atoms with Crippen molar-refractivity contribution in [1.29, 1.82) is 0 Å². The van der Waals surface area contributed by atoms with Gasteiger partial charge in [0.15, 0.2) is 0 Å². The van der Waals surface area contributed by atoms with E-state index >= 15 is 0 Å². The van der Waals surface area contributed by atoms with Gasteiger partial charge in [0.2, 0.25) is 0 Å². The zero-order valence-electron chi connectivity index (χ0n) is 8.88. The van der Waals surface area contributed by atoms with Crippen LogP contribution in [0, 0.1) is 5.41 Å². The fraction of sp³-hybridized carbons (Fsp3) is 1.00. The first-order valence-corrected chi connectivity index (χ1v) is 5.10. The minimum absolute atomic E-state index is 0.250. The number of ether oxygens (including phenoxy) is 1. The Hall–Kier alpha value is -0.120. The van der Waals surface area contributed by atoms with Crippen molar-refractivity contribution in [1.82, 2.24) is 4.90 Å². The maximum Gasteiger partial charge on any atom is 0.0531 e. The van der Waals surface area contributed by atoms with E-state index in [1.807, 2.05) is 0 Å². The molecule has 0 aromatic rings. The number of rotatable bonds is 3. The summed E-state index contributed by atoms with van der Waals surface area (Å²) < 4.78 is 5.27. The lowest BCUT2D eigenvalue weighted by molar-refractivity contribution is 0.0733. The third-order valence-corrected chi connectivity index (χ3v) is 3.15. The zero-order chi connectivity index (χ0) is 9.73. The molecule has 1 aliphatic rings. The van der Waals surface area contributed by atoms with Crippen LogP contribution in [-0.4, -0.2) is 45.3 Å². The molecule has 1 saturated heterocycles. The molecule has 1 atom stereocenters. The summed E-state index contributed by atoms with van der Waals surface area (Å²) in [5.41, 5.74) is 6.09. The Morgan fingerprint density at radius 1 is 1.38 bits per heavy atom. The van der Waals surface area contributed by atoms with Gasteiger partial charge >= 0.3 is 0 Å². The highest BCUT2D eigenvalue weighted by atomic mass is 16.5. The Bertz CT molecular complexity index is 152. The van der Waals surface area contributed by atoms with Crippen LogP contribution >= 0.6 is 0 Å². The molecule has 1 unspecified atom stereocenters. The molecule has 13 heavy (non-hydrogen) atoms. The number of likely N-dealkylation sites (tertiary alicyclic amines) is 1. The standard InChI is InChI=1S/C10H22N2O/c1-12-6-3-4-10(8-11,5-7-12)9-13-2/h3-9,11H2,1-2H3. The highest BCUT2D eigenvalue weighted by molar-refractivity contribution is 4.83. The lowest BCUT2D eigenvalue weighted by Crippen LogP contribution is -2.36. The van der Waals surface area contributed by atoms with Gasteiger partial charge in [-0.3, -0.25) is 0 Å². The van der Waals surface area contributed by atoms with Crippen LogP contribution in [0.3, 0.4) is 0 Å². The highest BCUT2D eigenvalue weighted by Crippen LogP contribution is 2.30. The van der Waals surface area contributed by atoms with Crippen molar-refractivity contribution in [2.45, 2.75) is 19.3 Å². The Morgan fingerprint density at radius 2 is 2.15 bits per heavy atom. The average Bonchev–Trinajstić information content (AvgIpc) is 2.30. The van der Waals surface area contributed by atoms with Gasteiger partial charge in [-0.2, -0.15) is 0 Å². The van der Waals surface area contributed by atoms with E-state index in [2.05, 4.69) is 11.9 Å². The Kier molecular flexibility index (Phi) is 4.16. The normalized spacial score (nSPS) is 31.6. The summed E-state index contributed by atoms with van der Waals surface area (Å²) in [7, 11) is 3.95. The monoisotopic (exact) mass is 186 g/mol. The highest BCUT2D eigenvalue weighted by Gasteiger charge is 2.30. The zero-order valence-corrected chi connectivity index (χ0v) is 8.88. The number of hydrogen-bond acceptors (Lipinski definition) is 3. The van der Waals surface area contributed by atoms with Crippen LogP contribution in [0.4, 0.5) is 0 Å². The minimum Gasteiger partial charge on any atom is -0.384 e. The fourth-order valence-corrected chi connectivity index (χ4v) is 2.10. The van der Waals surface area contributed by atoms with Crippen molar-refractivity contribution < 1.29 is 4.74 Å². The van der Waals surface area contributed by atoms with Gasteiger partial charge in [0.25, 0.3) is 0 Å². The van der Waals surface area contributed by atoms with Crippen LogP contribution in [0.25, 0.3) is 0 Å². The first-order valence-electron chi connectivity index (χ1n) is 5.10. The summed E-state index contributed by atoms with van der Waals surface area (Å²) in [5.74, 6) is 0. The number of methoxy groups -OCH3 is 1. The first-order chi connectivity index (χ1) is 6.22.